The second-order valence-corrected chi connectivity index (χ2v) is 32.0. The molecule has 116 heavy (non-hydrogen) atoms. The van der Waals surface area contributed by atoms with Gasteiger partial charge in [0.15, 0.2) is 0 Å². The molecule has 3 unspecified atom stereocenters. The molecule has 0 aliphatic rings. The van der Waals surface area contributed by atoms with Gasteiger partial charge < -0.3 is 18.3 Å². The Kier molecular flexibility index (Phi) is 17.4. The zero-order chi connectivity index (χ0) is 77.6. The fourth-order valence-electron chi connectivity index (χ4n) is 19.5. The van der Waals surface area contributed by atoms with E-state index in [-0.39, 0.29) is 17.8 Å². The quantitative estimate of drug-likeness (QED) is 0.0844. The SMILES string of the molecule is CCC(CC(CC(C)c1cccc(-n2c3ccccc3c3cc(-c4cccc(-n5c6ccccc6c6cc(-c7ccccc7)ccc65)c4)ccc32)c1)c1ccc(-c2nccn2-c2c(C)cc(C)cc2C)cc1)c1cccc(-n2c3ccccc3c3cc(-c4cccc(-n5c6ccccc6c6cc(-c7ccccc7)ccc65)c4)ccc32)c1. The predicted molar refractivity (Wildman–Crippen MR) is 489 cm³/mol. The second-order valence-electron chi connectivity index (χ2n) is 32.0. The first-order chi connectivity index (χ1) is 57.1. The summed E-state index contributed by atoms with van der Waals surface area (Å²) >= 11 is 0. The Balaban J connectivity index is 0.608. The fraction of sp³-hybridized carbons (Fsp3) is 0.100. The minimum Gasteiger partial charge on any atom is -0.309 e. The summed E-state index contributed by atoms with van der Waals surface area (Å²) in [5, 5.41) is 9.94. The third-order valence-corrected chi connectivity index (χ3v) is 24.9. The molecule has 0 amide bonds. The summed E-state index contributed by atoms with van der Waals surface area (Å²) in [7, 11) is 0. The molecule has 0 fully saturated rings. The number of imidazole rings is 1. The van der Waals surface area contributed by atoms with Crippen molar-refractivity contribution >= 4 is 87.2 Å². The maximum Gasteiger partial charge on any atom is 0.144 e. The van der Waals surface area contributed by atoms with Gasteiger partial charge in [0.05, 0.1) is 49.8 Å². The molecule has 5 aromatic heterocycles. The van der Waals surface area contributed by atoms with Crippen LogP contribution in [0.5, 0.6) is 0 Å². The highest BCUT2D eigenvalue weighted by molar-refractivity contribution is 6.14. The third kappa shape index (κ3) is 12.1. The average molecular weight is 1490 g/mol. The van der Waals surface area contributed by atoms with Crippen molar-refractivity contribution in [3.05, 3.63) is 410 Å². The van der Waals surface area contributed by atoms with Crippen LogP contribution in [0.1, 0.15) is 84.2 Å². The summed E-state index contributed by atoms with van der Waals surface area (Å²) in [6.07, 6.45) is 6.98. The van der Waals surface area contributed by atoms with Crippen molar-refractivity contribution in [2.24, 2.45) is 0 Å². The number of para-hydroxylation sites is 4. The van der Waals surface area contributed by atoms with Crippen LogP contribution in [0.4, 0.5) is 0 Å². The van der Waals surface area contributed by atoms with E-state index in [2.05, 4.69) is 428 Å². The minimum atomic E-state index is 0.217. The van der Waals surface area contributed by atoms with Gasteiger partial charge in [-0.15, -0.1) is 0 Å². The molecule has 0 radical (unpaired) electrons. The molecule has 0 saturated carbocycles. The summed E-state index contributed by atoms with van der Waals surface area (Å²) in [5.74, 6) is 1.65. The second kappa shape index (κ2) is 28.8. The zero-order valence-corrected chi connectivity index (χ0v) is 65.8. The predicted octanol–water partition coefficient (Wildman–Crippen LogP) is 29.4. The van der Waals surface area contributed by atoms with Crippen LogP contribution in [0.25, 0.3) is 172 Å². The van der Waals surface area contributed by atoms with Gasteiger partial charge in [0, 0.05) is 83.8 Å². The smallest absolute Gasteiger partial charge is 0.144 e. The molecule has 0 bridgehead atoms. The van der Waals surface area contributed by atoms with E-state index in [0.29, 0.717) is 0 Å². The van der Waals surface area contributed by atoms with E-state index < -0.39 is 0 Å². The van der Waals surface area contributed by atoms with Gasteiger partial charge in [-0.05, 0) is 251 Å². The first-order valence-corrected chi connectivity index (χ1v) is 41.0. The molecule has 21 aromatic rings. The lowest BCUT2D eigenvalue weighted by atomic mass is 9.78. The van der Waals surface area contributed by atoms with Crippen molar-refractivity contribution < 1.29 is 0 Å². The van der Waals surface area contributed by atoms with Gasteiger partial charge in [-0.2, -0.15) is 0 Å². The number of hydrogen-bond donors (Lipinski definition) is 0. The lowest BCUT2D eigenvalue weighted by Gasteiger charge is -2.27. The Labute approximate surface area is 676 Å². The van der Waals surface area contributed by atoms with E-state index in [1.165, 1.54) is 182 Å². The Bertz CT molecular complexity index is 7360. The minimum absolute atomic E-state index is 0.217. The van der Waals surface area contributed by atoms with Gasteiger partial charge in [-0.3, -0.25) is 4.57 Å². The van der Waals surface area contributed by atoms with Crippen molar-refractivity contribution in [1.29, 1.82) is 0 Å². The van der Waals surface area contributed by atoms with Crippen LogP contribution in [0.15, 0.2) is 376 Å². The van der Waals surface area contributed by atoms with Crippen LogP contribution in [-0.2, 0) is 0 Å². The molecule has 0 N–H and O–H groups in total. The van der Waals surface area contributed by atoms with Gasteiger partial charge in [-0.1, -0.05) is 262 Å². The molecule has 556 valence electrons. The third-order valence-electron chi connectivity index (χ3n) is 24.9. The van der Waals surface area contributed by atoms with Crippen LogP contribution < -0.4 is 0 Å². The number of aromatic nitrogens is 6. The summed E-state index contributed by atoms with van der Waals surface area (Å²) in [5.41, 5.74) is 33.8. The van der Waals surface area contributed by atoms with Crippen molar-refractivity contribution in [1.82, 2.24) is 27.8 Å². The lowest BCUT2D eigenvalue weighted by molar-refractivity contribution is 0.467. The maximum atomic E-state index is 5.03. The molecule has 6 nitrogen and oxygen atoms in total. The molecule has 3 atom stereocenters. The van der Waals surface area contributed by atoms with Crippen LogP contribution in [-0.4, -0.2) is 27.8 Å². The molecule has 0 aliphatic heterocycles. The first kappa shape index (κ1) is 69.8. The van der Waals surface area contributed by atoms with E-state index in [4.69, 9.17) is 4.98 Å². The van der Waals surface area contributed by atoms with Gasteiger partial charge in [0.2, 0.25) is 0 Å². The molecule has 5 heterocycles. The highest BCUT2D eigenvalue weighted by Gasteiger charge is 2.26. The number of benzene rings is 16. The van der Waals surface area contributed by atoms with Gasteiger partial charge in [0.1, 0.15) is 5.82 Å². The molecule has 0 saturated heterocycles. The van der Waals surface area contributed by atoms with Crippen molar-refractivity contribution in [3.63, 3.8) is 0 Å². The summed E-state index contributed by atoms with van der Waals surface area (Å²) in [6, 6.07) is 136. The first-order valence-electron chi connectivity index (χ1n) is 41.0. The van der Waals surface area contributed by atoms with E-state index in [0.717, 1.165) is 42.0 Å². The van der Waals surface area contributed by atoms with Gasteiger partial charge >= 0.3 is 0 Å². The van der Waals surface area contributed by atoms with Gasteiger partial charge in [-0.25, -0.2) is 4.98 Å². The summed E-state index contributed by atoms with van der Waals surface area (Å²) in [4.78, 5) is 5.03. The number of nitrogens with zero attached hydrogens (tertiary/aromatic N) is 6. The number of hydrogen-bond acceptors (Lipinski definition) is 1. The van der Waals surface area contributed by atoms with E-state index in [1.54, 1.807) is 0 Å². The summed E-state index contributed by atoms with van der Waals surface area (Å²) in [6.45, 7) is 11.4. The van der Waals surface area contributed by atoms with E-state index in [9.17, 15) is 0 Å². The molecule has 0 aliphatic carbocycles. The highest BCUT2D eigenvalue weighted by Crippen LogP contribution is 2.45. The number of aryl methyl sites for hydroxylation is 3. The van der Waals surface area contributed by atoms with Crippen molar-refractivity contribution in [3.8, 4) is 84.3 Å². The normalized spacial score (nSPS) is 12.7. The Morgan fingerprint density at radius 1 is 0.267 bits per heavy atom. The Hall–Kier alpha value is -14.1. The Morgan fingerprint density at radius 3 is 1.04 bits per heavy atom. The van der Waals surface area contributed by atoms with Gasteiger partial charge in [0.25, 0.3) is 0 Å². The molecule has 0 spiro atoms. The van der Waals surface area contributed by atoms with Crippen LogP contribution in [0.3, 0.4) is 0 Å². The lowest BCUT2D eigenvalue weighted by Crippen LogP contribution is -2.11. The zero-order valence-electron chi connectivity index (χ0n) is 65.8. The molecule has 16 aromatic carbocycles. The van der Waals surface area contributed by atoms with Crippen LogP contribution in [0.2, 0.25) is 0 Å². The largest absolute Gasteiger partial charge is 0.309 e. The highest BCUT2D eigenvalue weighted by atomic mass is 15.1. The monoisotopic (exact) mass is 1490 g/mol. The maximum absolute atomic E-state index is 5.03. The number of fused-ring (bicyclic) bond motifs is 12. The van der Waals surface area contributed by atoms with Crippen molar-refractivity contribution in [2.45, 2.75) is 71.6 Å². The standard InChI is InChI=1S/C110H86N6/c1-6-75(81-30-22-34-90(64-81)114-104-44-20-16-40-96(104)100-70-87(52-56-108(100)114)83-32-24-36-92(66-83)116-103-43-19-14-38-94(103)98-68-85(50-54-106(98)116)77-27-11-8-12-28-77)62-88(78-45-47-79(48-46-78)110-111-57-58-112(110)109-73(4)59-71(2)60-74(109)5)61-72(3)80-29-21-33-89(63-80)113-101-41-17-15-39-95(101)99-69-86(51-55-107(99)113)82-31-23-35-91(65-82)115-102-42-18-13-37-93(102)97-67-84(49-53-105(97)115)76-25-9-7-10-26-76/h7-60,63-70,72,75,88H,6,61-62H2,1-5H3. The average Bonchev–Trinajstić information content (AvgIpc) is 1.60. The van der Waals surface area contributed by atoms with E-state index >= 15 is 0 Å². The summed E-state index contributed by atoms with van der Waals surface area (Å²) < 4.78 is 12.1. The van der Waals surface area contributed by atoms with Crippen LogP contribution >= 0.6 is 0 Å². The fourth-order valence-corrected chi connectivity index (χ4v) is 19.5. The Morgan fingerprint density at radius 2 is 0.612 bits per heavy atom. The molecular weight excluding hydrogens is 1410 g/mol. The van der Waals surface area contributed by atoms with Crippen LogP contribution in [0, 0.1) is 20.8 Å². The molecule has 6 heteroatoms. The number of rotatable bonds is 18. The van der Waals surface area contributed by atoms with E-state index in [1.807, 2.05) is 6.20 Å². The topological polar surface area (TPSA) is 37.5 Å². The molecular formula is C110H86N6. The molecule has 21 rings (SSSR count). The van der Waals surface area contributed by atoms with Crippen molar-refractivity contribution in [2.75, 3.05) is 0 Å².